The topological polar surface area (TPSA) is 83.8 Å². The summed E-state index contributed by atoms with van der Waals surface area (Å²) in [5.74, 6) is -0.100. The maximum absolute atomic E-state index is 12.9. The van der Waals surface area contributed by atoms with Gasteiger partial charge in [-0.05, 0) is 47.2 Å². The summed E-state index contributed by atoms with van der Waals surface area (Å²) in [6, 6.07) is 14.1. The molecule has 0 N–H and O–H groups in total. The number of non-ortho nitro benzene ring substituents is 1. The van der Waals surface area contributed by atoms with E-state index >= 15 is 0 Å². The molecule has 0 radical (unpaired) electrons. The third-order valence-corrected chi connectivity index (χ3v) is 5.23. The summed E-state index contributed by atoms with van der Waals surface area (Å²) in [5, 5.41) is 10.8. The number of carbonyl (C=O) groups is 2. The van der Waals surface area contributed by atoms with E-state index in [1.54, 1.807) is 23.1 Å². The van der Waals surface area contributed by atoms with Crippen LogP contribution in [0.1, 0.15) is 30.5 Å². The summed E-state index contributed by atoms with van der Waals surface area (Å²) in [7, 11) is 0. The first kappa shape index (κ1) is 22.2. The zero-order valence-corrected chi connectivity index (χ0v) is 17.9. The van der Waals surface area contributed by atoms with Gasteiger partial charge in [-0.15, -0.1) is 0 Å². The first-order chi connectivity index (χ1) is 14.8. The van der Waals surface area contributed by atoms with Crippen LogP contribution >= 0.6 is 0 Å². The van der Waals surface area contributed by atoms with Crippen LogP contribution in [0.2, 0.25) is 0 Å². The number of benzene rings is 2. The highest BCUT2D eigenvalue weighted by Crippen LogP contribution is 2.19. The van der Waals surface area contributed by atoms with Gasteiger partial charge in [0.1, 0.15) is 6.54 Å². The summed E-state index contributed by atoms with van der Waals surface area (Å²) in [6.07, 6.45) is 3.85. The van der Waals surface area contributed by atoms with Gasteiger partial charge in [-0.3, -0.25) is 19.7 Å². The first-order valence-electron chi connectivity index (χ1n) is 10.4. The lowest BCUT2D eigenvalue weighted by Gasteiger charge is -2.31. The van der Waals surface area contributed by atoms with Crippen LogP contribution in [0, 0.1) is 16.0 Å². The van der Waals surface area contributed by atoms with Crippen molar-refractivity contribution >= 4 is 23.6 Å². The Hall–Kier alpha value is -3.48. The van der Waals surface area contributed by atoms with Gasteiger partial charge < -0.3 is 9.80 Å². The fourth-order valence-electron chi connectivity index (χ4n) is 3.63. The van der Waals surface area contributed by atoms with Gasteiger partial charge in [0.2, 0.25) is 11.8 Å². The Morgan fingerprint density at radius 3 is 2.45 bits per heavy atom. The van der Waals surface area contributed by atoms with E-state index in [4.69, 9.17) is 0 Å². The average molecular weight is 421 g/mol. The Labute approximate surface area is 182 Å². The molecule has 162 valence electrons. The second kappa shape index (κ2) is 10.0. The fraction of sp³-hybridized carbons (Fsp3) is 0.333. The highest BCUT2D eigenvalue weighted by molar-refractivity contribution is 5.94. The van der Waals surface area contributed by atoms with Crippen molar-refractivity contribution in [2.45, 2.75) is 26.8 Å². The van der Waals surface area contributed by atoms with Crippen LogP contribution in [0.4, 0.5) is 5.69 Å². The number of nitro benzene ring substituents is 1. The van der Waals surface area contributed by atoms with E-state index in [1.807, 2.05) is 36.9 Å². The van der Waals surface area contributed by atoms with Crippen LogP contribution in [0.15, 0.2) is 54.6 Å². The molecule has 2 aromatic carbocycles. The summed E-state index contributed by atoms with van der Waals surface area (Å²) >= 11 is 0. The number of hydrogen-bond donors (Lipinski definition) is 0. The lowest BCUT2D eigenvalue weighted by atomic mass is 10.00. The second-order valence-electron chi connectivity index (χ2n) is 8.13. The molecule has 0 spiro atoms. The molecule has 7 heteroatoms. The Kier molecular flexibility index (Phi) is 7.18. The van der Waals surface area contributed by atoms with Crippen molar-refractivity contribution in [1.82, 2.24) is 9.80 Å². The minimum atomic E-state index is -0.465. The van der Waals surface area contributed by atoms with Gasteiger partial charge in [0.05, 0.1) is 4.92 Å². The number of rotatable bonds is 7. The molecule has 1 aliphatic heterocycles. The Balaban J connectivity index is 1.66. The number of hydrogen-bond acceptors (Lipinski definition) is 4. The SMILES string of the molecule is CC(C)CN(CC(=O)N1CCc2ccccc2C1)C(=O)/C=C/c1ccc([N+](=O)[O-])cc1. The quantitative estimate of drug-likeness (QED) is 0.388. The number of fused-ring (bicyclic) bond motifs is 1. The molecule has 1 aliphatic rings. The van der Waals surface area contributed by atoms with E-state index in [0.717, 1.165) is 12.0 Å². The van der Waals surface area contributed by atoms with Crippen LogP contribution in [0.5, 0.6) is 0 Å². The molecule has 0 aromatic heterocycles. The van der Waals surface area contributed by atoms with Crippen molar-refractivity contribution in [1.29, 1.82) is 0 Å². The van der Waals surface area contributed by atoms with Crippen LogP contribution in [0.25, 0.3) is 6.08 Å². The Morgan fingerprint density at radius 2 is 1.81 bits per heavy atom. The van der Waals surface area contributed by atoms with E-state index < -0.39 is 4.92 Å². The molecule has 2 aromatic rings. The summed E-state index contributed by atoms with van der Waals surface area (Å²) in [4.78, 5) is 39.4. The lowest BCUT2D eigenvalue weighted by molar-refractivity contribution is -0.384. The van der Waals surface area contributed by atoms with E-state index in [1.165, 1.54) is 23.8 Å². The van der Waals surface area contributed by atoms with E-state index in [-0.39, 0.29) is 30.0 Å². The van der Waals surface area contributed by atoms with Gasteiger partial charge in [-0.2, -0.15) is 0 Å². The van der Waals surface area contributed by atoms with Crippen molar-refractivity contribution in [2.24, 2.45) is 5.92 Å². The minimum Gasteiger partial charge on any atom is -0.336 e. The number of nitro groups is 1. The highest BCUT2D eigenvalue weighted by Gasteiger charge is 2.24. The number of carbonyl (C=O) groups excluding carboxylic acids is 2. The molecule has 0 saturated carbocycles. The molecule has 0 atom stereocenters. The molecule has 0 bridgehead atoms. The summed E-state index contributed by atoms with van der Waals surface area (Å²) in [5.41, 5.74) is 3.11. The number of nitrogens with zero attached hydrogens (tertiary/aromatic N) is 3. The van der Waals surface area contributed by atoms with E-state index in [2.05, 4.69) is 6.07 Å². The third kappa shape index (κ3) is 6.01. The van der Waals surface area contributed by atoms with Crippen LogP contribution in [0.3, 0.4) is 0 Å². The van der Waals surface area contributed by atoms with Crippen LogP contribution in [-0.4, -0.2) is 46.2 Å². The Bertz CT molecular complexity index is 983. The zero-order chi connectivity index (χ0) is 22.4. The fourth-order valence-corrected chi connectivity index (χ4v) is 3.63. The molecular weight excluding hydrogens is 394 g/mol. The van der Waals surface area contributed by atoms with Crippen molar-refractivity contribution in [3.05, 3.63) is 81.4 Å². The molecule has 2 amide bonds. The molecule has 1 heterocycles. The number of amides is 2. The average Bonchev–Trinajstić information content (AvgIpc) is 2.76. The van der Waals surface area contributed by atoms with Crippen molar-refractivity contribution < 1.29 is 14.5 Å². The molecular formula is C24H27N3O4. The molecule has 0 saturated heterocycles. The minimum absolute atomic E-state index is 0.00128. The lowest BCUT2D eigenvalue weighted by Crippen LogP contribution is -2.45. The molecule has 0 unspecified atom stereocenters. The van der Waals surface area contributed by atoms with Crippen LogP contribution < -0.4 is 0 Å². The maximum atomic E-state index is 12.9. The van der Waals surface area contributed by atoms with Gasteiger partial charge in [0.15, 0.2) is 0 Å². The largest absolute Gasteiger partial charge is 0.336 e. The third-order valence-electron chi connectivity index (χ3n) is 5.23. The predicted octanol–water partition coefficient (Wildman–Crippen LogP) is 3.68. The van der Waals surface area contributed by atoms with Crippen molar-refractivity contribution in [3.8, 4) is 0 Å². The second-order valence-corrected chi connectivity index (χ2v) is 8.13. The zero-order valence-electron chi connectivity index (χ0n) is 17.9. The highest BCUT2D eigenvalue weighted by atomic mass is 16.6. The van der Waals surface area contributed by atoms with E-state index in [0.29, 0.717) is 25.2 Å². The monoisotopic (exact) mass is 421 g/mol. The molecule has 3 rings (SSSR count). The van der Waals surface area contributed by atoms with Crippen LogP contribution in [-0.2, 0) is 22.6 Å². The molecule has 7 nitrogen and oxygen atoms in total. The maximum Gasteiger partial charge on any atom is 0.269 e. The van der Waals surface area contributed by atoms with Crippen molar-refractivity contribution in [3.63, 3.8) is 0 Å². The van der Waals surface area contributed by atoms with Gasteiger partial charge in [0.25, 0.3) is 5.69 Å². The van der Waals surface area contributed by atoms with Gasteiger partial charge in [-0.25, -0.2) is 0 Å². The molecule has 0 fully saturated rings. The summed E-state index contributed by atoms with van der Waals surface area (Å²) in [6.45, 7) is 5.73. The standard InChI is InChI=1S/C24H27N3O4/c1-18(2)15-26(23(28)12-9-19-7-10-22(11-8-19)27(30)31)17-24(29)25-14-13-20-5-3-4-6-21(20)16-25/h3-12,18H,13-17H2,1-2H3/b12-9+. The van der Waals surface area contributed by atoms with Gasteiger partial charge >= 0.3 is 0 Å². The molecule has 0 aliphatic carbocycles. The van der Waals surface area contributed by atoms with E-state index in [9.17, 15) is 19.7 Å². The van der Waals surface area contributed by atoms with Crippen molar-refractivity contribution in [2.75, 3.05) is 19.6 Å². The molecule has 31 heavy (non-hydrogen) atoms. The predicted molar refractivity (Wildman–Crippen MR) is 119 cm³/mol. The Morgan fingerprint density at radius 1 is 1.13 bits per heavy atom. The smallest absolute Gasteiger partial charge is 0.269 e. The summed E-state index contributed by atoms with van der Waals surface area (Å²) < 4.78 is 0. The van der Waals surface area contributed by atoms with Gasteiger partial charge in [-0.1, -0.05) is 38.1 Å². The first-order valence-corrected chi connectivity index (χ1v) is 10.4. The van der Waals surface area contributed by atoms with Gasteiger partial charge in [0, 0.05) is 37.8 Å². The normalized spacial score (nSPS) is 13.3.